The molecule has 0 aliphatic rings. The van der Waals surface area contributed by atoms with Gasteiger partial charge in [-0.15, -0.1) is 0 Å². The van der Waals surface area contributed by atoms with Crippen molar-refractivity contribution in [2.75, 3.05) is 13.2 Å². The van der Waals surface area contributed by atoms with Crippen LogP contribution in [0.2, 0.25) is 0 Å². The summed E-state index contributed by atoms with van der Waals surface area (Å²) in [4.78, 5) is 10.7. The average Bonchev–Trinajstić information content (AvgIpc) is 2.33. The van der Waals surface area contributed by atoms with Crippen LogP contribution in [0.15, 0.2) is 18.2 Å². The van der Waals surface area contributed by atoms with Crippen molar-refractivity contribution in [1.82, 2.24) is 0 Å². The summed E-state index contributed by atoms with van der Waals surface area (Å²) in [5.41, 5.74) is 1.10. The Labute approximate surface area is 128 Å². The molecule has 0 amide bonds. The molecule has 3 heteroatoms. The third kappa shape index (κ3) is 7.74. The van der Waals surface area contributed by atoms with E-state index in [2.05, 4.69) is 41.5 Å². The second-order valence-electron chi connectivity index (χ2n) is 7.88. The summed E-state index contributed by atoms with van der Waals surface area (Å²) in [5.74, 6) is 1.52. The van der Waals surface area contributed by atoms with E-state index in [0.717, 1.165) is 23.3 Å². The molecule has 0 fully saturated rings. The monoisotopic (exact) mass is 292 g/mol. The number of carbonyl (C=O) groups excluding carboxylic acids is 1. The van der Waals surface area contributed by atoms with Gasteiger partial charge in [-0.3, -0.25) is 0 Å². The van der Waals surface area contributed by atoms with Gasteiger partial charge in [0.1, 0.15) is 17.8 Å². The minimum absolute atomic E-state index is 0.0904. The molecule has 3 nitrogen and oxygen atoms in total. The van der Waals surface area contributed by atoms with Crippen molar-refractivity contribution in [3.05, 3.63) is 23.8 Å². The third-order valence-corrected chi connectivity index (χ3v) is 2.60. The molecule has 118 valence electrons. The van der Waals surface area contributed by atoms with Crippen LogP contribution in [0.25, 0.3) is 0 Å². The van der Waals surface area contributed by atoms with Gasteiger partial charge in [-0.05, 0) is 28.5 Å². The lowest BCUT2D eigenvalue weighted by Gasteiger charge is -2.21. The van der Waals surface area contributed by atoms with E-state index in [1.165, 1.54) is 0 Å². The van der Waals surface area contributed by atoms with E-state index < -0.39 is 0 Å². The Morgan fingerprint density at radius 2 is 1.29 bits per heavy atom. The van der Waals surface area contributed by atoms with Crippen molar-refractivity contribution in [2.24, 2.45) is 10.8 Å². The van der Waals surface area contributed by atoms with Gasteiger partial charge in [-0.25, -0.2) is 0 Å². The fourth-order valence-electron chi connectivity index (χ4n) is 1.61. The van der Waals surface area contributed by atoms with Gasteiger partial charge in [0.2, 0.25) is 0 Å². The van der Waals surface area contributed by atoms with Crippen molar-refractivity contribution in [1.29, 1.82) is 0 Å². The van der Waals surface area contributed by atoms with E-state index in [0.29, 0.717) is 19.6 Å². The predicted molar refractivity (Wildman–Crippen MR) is 86.1 cm³/mol. The molecule has 0 unspecified atom stereocenters. The summed E-state index contributed by atoms with van der Waals surface area (Å²) in [5, 5.41) is 0. The lowest BCUT2D eigenvalue weighted by Crippen LogP contribution is -2.18. The van der Waals surface area contributed by atoms with E-state index in [1.807, 2.05) is 18.2 Å². The van der Waals surface area contributed by atoms with Gasteiger partial charge in [-0.2, -0.15) is 0 Å². The van der Waals surface area contributed by atoms with Crippen molar-refractivity contribution in [3.63, 3.8) is 0 Å². The average molecular weight is 292 g/mol. The summed E-state index contributed by atoms with van der Waals surface area (Å²) in [6.45, 7) is 14.0. The topological polar surface area (TPSA) is 35.5 Å². The number of aldehydes is 1. The minimum atomic E-state index is 0.0904. The fourth-order valence-corrected chi connectivity index (χ4v) is 1.61. The first-order valence-corrected chi connectivity index (χ1v) is 7.42. The van der Waals surface area contributed by atoms with Gasteiger partial charge in [0, 0.05) is 12.5 Å². The SMILES string of the molecule is CC(C)(C)COc1cc(CC=O)cc(OCC(C)(C)C)c1. The Bertz CT molecular complexity index is 428. The van der Waals surface area contributed by atoms with Gasteiger partial charge in [0.25, 0.3) is 0 Å². The summed E-state index contributed by atoms with van der Waals surface area (Å²) < 4.78 is 11.7. The van der Waals surface area contributed by atoms with Crippen LogP contribution in [-0.2, 0) is 11.2 Å². The second kappa shape index (κ2) is 6.97. The maximum atomic E-state index is 10.7. The van der Waals surface area contributed by atoms with E-state index in [1.54, 1.807) is 0 Å². The minimum Gasteiger partial charge on any atom is -0.493 e. The van der Waals surface area contributed by atoms with E-state index in [4.69, 9.17) is 9.47 Å². The van der Waals surface area contributed by atoms with Crippen LogP contribution < -0.4 is 9.47 Å². The summed E-state index contributed by atoms with van der Waals surface area (Å²) in [6.07, 6.45) is 1.27. The number of hydrogen-bond donors (Lipinski definition) is 0. The summed E-state index contributed by atoms with van der Waals surface area (Å²) in [7, 11) is 0. The molecular weight excluding hydrogens is 264 g/mol. The molecular formula is C18H28O3. The van der Waals surface area contributed by atoms with Crippen LogP contribution in [0.1, 0.15) is 47.1 Å². The Morgan fingerprint density at radius 3 is 1.62 bits per heavy atom. The maximum Gasteiger partial charge on any atom is 0.124 e. The Morgan fingerprint density at radius 1 is 0.857 bits per heavy atom. The molecule has 0 N–H and O–H groups in total. The number of carbonyl (C=O) groups is 1. The zero-order valence-electron chi connectivity index (χ0n) is 14.2. The first-order valence-electron chi connectivity index (χ1n) is 7.42. The zero-order valence-corrected chi connectivity index (χ0v) is 14.2. The molecule has 1 aromatic carbocycles. The molecule has 21 heavy (non-hydrogen) atoms. The van der Waals surface area contributed by atoms with Crippen LogP contribution >= 0.6 is 0 Å². The first kappa shape index (κ1) is 17.5. The molecule has 0 heterocycles. The zero-order chi connectivity index (χ0) is 16.1. The Balaban J connectivity index is 2.86. The highest BCUT2D eigenvalue weighted by Crippen LogP contribution is 2.26. The van der Waals surface area contributed by atoms with Crippen molar-refractivity contribution < 1.29 is 14.3 Å². The lowest BCUT2D eigenvalue weighted by molar-refractivity contribution is -0.107. The first-order chi connectivity index (χ1) is 9.59. The molecule has 1 aromatic rings. The van der Waals surface area contributed by atoms with Crippen molar-refractivity contribution >= 4 is 6.29 Å². The van der Waals surface area contributed by atoms with Crippen LogP contribution in [0.4, 0.5) is 0 Å². The van der Waals surface area contributed by atoms with Crippen LogP contribution in [-0.4, -0.2) is 19.5 Å². The predicted octanol–water partition coefficient (Wildman–Crippen LogP) is 4.28. The number of benzene rings is 1. The van der Waals surface area contributed by atoms with Crippen molar-refractivity contribution in [2.45, 2.75) is 48.0 Å². The fraction of sp³-hybridized carbons (Fsp3) is 0.611. The van der Waals surface area contributed by atoms with E-state index in [9.17, 15) is 4.79 Å². The standard InChI is InChI=1S/C18H28O3/c1-17(2,3)12-20-15-9-14(7-8-19)10-16(11-15)21-13-18(4,5)6/h8-11H,7,12-13H2,1-6H3. The summed E-state index contributed by atoms with van der Waals surface area (Å²) >= 11 is 0. The highest BCUT2D eigenvalue weighted by molar-refractivity contribution is 5.56. The number of ether oxygens (including phenoxy) is 2. The van der Waals surface area contributed by atoms with Crippen LogP contribution in [0, 0.1) is 10.8 Å². The quantitative estimate of drug-likeness (QED) is 0.734. The Hall–Kier alpha value is -1.51. The molecule has 0 spiro atoms. The maximum absolute atomic E-state index is 10.7. The van der Waals surface area contributed by atoms with Crippen molar-refractivity contribution in [3.8, 4) is 11.5 Å². The summed E-state index contributed by atoms with van der Waals surface area (Å²) in [6, 6.07) is 5.71. The highest BCUT2D eigenvalue weighted by atomic mass is 16.5. The number of hydrogen-bond acceptors (Lipinski definition) is 3. The molecule has 0 bridgehead atoms. The lowest BCUT2D eigenvalue weighted by atomic mass is 9.98. The van der Waals surface area contributed by atoms with Crippen LogP contribution in [0.5, 0.6) is 11.5 Å². The molecule has 0 radical (unpaired) electrons. The molecule has 1 rings (SSSR count). The van der Waals surface area contributed by atoms with Gasteiger partial charge in [0.15, 0.2) is 0 Å². The Kier molecular flexibility index (Phi) is 5.82. The van der Waals surface area contributed by atoms with Gasteiger partial charge >= 0.3 is 0 Å². The third-order valence-electron chi connectivity index (χ3n) is 2.60. The number of rotatable bonds is 6. The normalized spacial score (nSPS) is 12.1. The van der Waals surface area contributed by atoms with Gasteiger partial charge < -0.3 is 14.3 Å². The smallest absolute Gasteiger partial charge is 0.124 e. The molecule has 0 aliphatic carbocycles. The highest BCUT2D eigenvalue weighted by Gasteiger charge is 2.14. The van der Waals surface area contributed by atoms with Gasteiger partial charge in [-0.1, -0.05) is 41.5 Å². The van der Waals surface area contributed by atoms with E-state index in [-0.39, 0.29) is 10.8 Å². The molecule has 0 saturated carbocycles. The molecule has 0 aromatic heterocycles. The van der Waals surface area contributed by atoms with E-state index >= 15 is 0 Å². The molecule has 0 aliphatic heterocycles. The largest absolute Gasteiger partial charge is 0.493 e. The second-order valence-corrected chi connectivity index (χ2v) is 7.88. The van der Waals surface area contributed by atoms with Crippen LogP contribution in [0.3, 0.4) is 0 Å². The van der Waals surface area contributed by atoms with Gasteiger partial charge in [0.05, 0.1) is 13.2 Å². The molecule has 0 saturated heterocycles. The molecule has 0 atom stereocenters.